The molecule has 5 nitrogen and oxygen atoms in total. The molecule has 0 fully saturated rings. The zero-order valence-electron chi connectivity index (χ0n) is 8.00. The first-order valence-electron chi connectivity index (χ1n) is 4.05. The number of aromatic nitrogens is 1. The highest BCUT2D eigenvalue weighted by Crippen LogP contribution is 2.06. The summed E-state index contributed by atoms with van der Waals surface area (Å²) >= 11 is 0. The van der Waals surface area contributed by atoms with Crippen LogP contribution < -0.4 is 11.1 Å². The fraction of sp³-hybridized carbons (Fsp3) is 0.222. The fourth-order valence-electron chi connectivity index (χ4n) is 1.05. The topological polar surface area (TPSA) is 85.1 Å². The highest BCUT2D eigenvalue weighted by molar-refractivity contribution is 6.05. The van der Waals surface area contributed by atoms with Gasteiger partial charge in [-0.05, 0) is 19.1 Å². The lowest BCUT2D eigenvalue weighted by Gasteiger charge is -2.04. The van der Waals surface area contributed by atoms with E-state index in [0.29, 0.717) is 5.69 Å². The number of aryl methyl sites for hydroxylation is 1. The molecule has 0 aliphatic heterocycles. The van der Waals surface area contributed by atoms with Crippen LogP contribution in [0.4, 0.5) is 0 Å². The van der Waals surface area contributed by atoms with Crippen molar-refractivity contribution in [2.45, 2.75) is 6.92 Å². The van der Waals surface area contributed by atoms with Crippen LogP contribution in [-0.4, -0.2) is 23.8 Å². The molecular formula is C9H11N3O2. The van der Waals surface area contributed by atoms with Crippen LogP contribution in [0.3, 0.4) is 0 Å². The molecular weight excluding hydrogens is 182 g/mol. The third-order valence-electron chi connectivity index (χ3n) is 1.74. The summed E-state index contributed by atoms with van der Waals surface area (Å²) in [5.41, 5.74) is 5.96. The van der Waals surface area contributed by atoms with Crippen molar-refractivity contribution >= 4 is 11.8 Å². The predicted octanol–water partition coefficient (Wildman–Crippen LogP) is -0.151. The Balaban J connectivity index is 3.29. The van der Waals surface area contributed by atoms with Gasteiger partial charge in [0, 0.05) is 12.7 Å². The number of nitrogens with two attached hydrogens (primary N) is 1. The third kappa shape index (κ3) is 1.87. The van der Waals surface area contributed by atoms with E-state index in [9.17, 15) is 9.59 Å². The maximum Gasteiger partial charge on any atom is 0.270 e. The van der Waals surface area contributed by atoms with Crippen LogP contribution in [-0.2, 0) is 0 Å². The second-order valence-electron chi connectivity index (χ2n) is 2.79. The summed E-state index contributed by atoms with van der Waals surface area (Å²) in [6.45, 7) is 1.73. The second-order valence-corrected chi connectivity index (χ2v) is 2.79. The van der Waals surface area contributed by atoms with Gasteiger partial charge in [-0.3, -0.25) is 9.59 Å². The molecule has 1 aromatic heterocycles. The summed E-state index contributed by atoms with van der Waals surface area (Å²) in [7, 11) is 1.47. The van der Waals surface area contributed by atoms with Gasteiger partial charge >= 0.3 is 0 Å². The van der Waals surface area contributed by atoms with Crippen molar-refractivity contribution in [2.75, 3.05) is 7.05 Å². The van der Waals surface area contributed by atoms with Gasteiger partial charge in [-0.1, -0.05) is 0 Å². The van der Waals surface area contributed by atoms with Crippen molar-refractivity contribution < 1.29 is 9.59 Å². The summed E-state index contributed by atoms with van der Waals surface area (Å²) < 4.78 is 0. The summed E-state index contributed by atoms with van der Waals surface area (Å²) in [4.78, 5) is 26.2. The summed E-state index contributed by atoms with van der Waals surface area (Å²) in [5.74, 6) is -1.07. The smallest absolute Gasteiger partial charge is 0.270 e. The minimum absolute atomic E-state index is 0.0694. The average Bonchev–Trinajstić information content (AvgIpc) is 2.16. The minimum Gasteiger partial charge on any atom is -0.366 e. The van der Waals surface area contributed by atoms with Gasteiger partial charge in [0.25, 0.3) is 11.8 Å². The molecule has 2 amide bonds. The standard InChI is InChI=1S/C9H11N3O2/c1-5-3-4-6(8(10)13)7(12-5)9(14)11-2/h3-4H,1-2H3,(H2,10,13)(H,11,14). The van der Waals surface area contributed by atoms with Crippen molar-refractivity contribution in [3.8, 4) is 0 Å². The molecule has 0 saturated heterocycles. The maximum absolute atomic E-state index is 11.3. The first kappa shape index (κ1) is 10.2. The summed E-state index contributed by atoms with van der Waals surface area (Å²) in [6.07, 6.45) is 0. The molecule has 0 aliphatic rings. The van der Waals surface area contributed by atoms with Gasteiger partial charge in [-0.15, -0.1) is 0 Å². The number of rotatable bonds is 2. The molecule has 0 bridgehead atoms. The highest BCUT2D eigenvalue weighted by Gasteiger charge is 2.15. The van der Waals surface area contributed by atoms with Crippen LogP contribution in [0, 0.1) is 6.92 Å². The molecule has 3 N–H and O–H groups in total. The number of carbonyl (C=O) groups is 2. The first-order chi connectivity index (χ1) is 6.56. The quantitative estimate of drug-likeness (QED) is 0.684. The highest BCUT2D eigenvalue weighted by atomic mass is 16.2. The zero-order valence-corrected chi connectivity index (χ0v) is 8.00. The fourth-order valence-corrected chi connectivity index (χ4v) is 1.05. The van der Waals surface area contributed by atoms with Crippen molar-refractivity contribution in [1.82, 2.24) is 10.3 Å². The number of nitrogens with one attached hydrogen (secondary N) is 1. The summed E-state index contributed by atoms with van der Waals surface area (Å²) in [5, 5.41) is 2.39. The van der Waals surface area contributed by atoms with Crippen molar-refractivity contribution in [1.29, 1.82) is 0 Å². The van der Waals surface area contributed by atoms with Crippen LogP contribution in [0.5, 0.6) is 0 Å². The Morgan fingerprint density at radius 1 is 1.43 bits per heavy atom. The van der Waals surface area contributed by atoms with Crippen molar-refractivity contribution in [3.63, 3.8) is 0 Å². The lowest BCUT2D eigenvalue weighted by Crippen LogP contribution is -2.25. The number of hydrogen-bond donors (Lipinski definition) is 2. The average molecular weight is 193 g/mol. The minimum atomic E-state index is -0.656. The van der Waals surface area contributed by atoms with Gasteiger partial charge in [-0.2, -0.15) is 0 Å². The number of nitrogens with zero attached hydrogens (tertiary/aromatic N) is 1. The number of carbonyl (C=O) groups excluding carboxylic acids is 2. The van der Waals surface area contributed by atoms with Crippen LogP contribution in [0.1, 0.15) is 26.5 Å². The van der Waals surface area contributed by atoms with Crippen molar-refractivity contribution in [2.24, 2.45) is 5.73 Å². The zero-order chi connectivity index (χ0) is 10.7. The molecule has 1 aromatic rings. The molecule has 0 spiro atoms. The Morgan fingerprint density at radius 3 is 2.57 bits per heavy atom. The Bertz CT molecular complexity index is 388. The van der Waals surface area contributed by atoms with E-state index in [2.05, 4.69) is 10.3 Å². The van der Waals surface area contributed by atoms with E-state index in [1.54, 1.807) is 13.0 Å². The Hall–Kier alpha value is -1.91. The Labute approximate surface area is 81.3 Å². The molecule has 0 unspecified atom stereocenters. The molecule has 0 saturated carbocycles. The number of primary amides is 1. The molecule has 74 valence electrons. The van der Waals surface area contributed by atoms with Gasteiger partial charge in [0.05, 0.1) is 5.56 Å². The van der Waals surface area contributed by atoms with Gasteiger partial charge in [-0.25, -0.2) is 4.98 Å². The Kier molecular flexibility index (Phi) is 2.81. The van der Waals surface area contributed by atoms with E-state index < -0.39 is 11.8 Å². The molecule has 0 aromatic carbocycles. The van der Waals surface area contributed by atoms with Crippen LogP contribution in [0.25, 0.3) is 0 Å². The molecule has 14 heavy (non-hydrogen) atoms. The molecule has 0 radical (unpaired) electrons. The number of pyridine rings is 1. The molecule has 0 aliphatic carbocycles. The van der Waals surface area contributed by atoms with E-state index in [1.807, 2.05) is 0 Å². The molecule has 0 atom stereocenters. The van der Waals surface area contributed by atoms with E-state index >= 15 is 0 Å². The van der Waals surface area contributed by atoms with Gasteiger partial charge in [0.15, 0.2) is 0 Å². The Morgan fingerprint density at radius 2 is 2.07 bits per heavy atom. The molecule has 1 heterocycles. The summed E-state index contributed by atoms with van der Waals surface area (Å²) in [6, 6.07) is 3.13. The SMILES string of the molecule is CNC(=O)c1nc(C)ccc1C(N)=O. The second kappa shape index (κ2) is 3.87. The van der Waals surface area contributed by atoms with Crippen LogP contribution in [0.2, 0.25) is 0 Å². The third-order valence-corrected chi connectivity index (χ3v) is 1.74. The lowest BCUT2D eigenvalue weighted by atomic mass is 10.1. The first-order valence-corrected chi connectivity index (χ1v) is 4.05. The van der Waals surface area contributed by atoms with Crippen LogP contribution in [0.15, 0.2) is 12.1 Å². The van der Waals surface area contributed by atoms with Gasteiger partial charge in [0.1, 0.15) is 5.69 Å². The normalized spacial score (nSPS) is 9.57. The lowest BCUT2D eigenvalue weighted by molar-refractivity contribution is 0.0938. The molecule has 1 rings (SSSR count). The largest absolute Gasteiger partial charge is 0.366 e. The van der Waals surface area contributed by atoms with Crippen LogP contribution >= 0.6 is 0 Å². The van der Waals surface area contributed by atoms with Crippen molar-refractivity contribution in [3.05, 3.63) is 29.1 Å². The van der Waals surface area contributed by atoms with E-state index in [0.717, 1.165) is 0 Å². The van der Waals surface area contributed by atoms with Gasteiger partial charge in [0.2, 0.25) is 0 Å². The van der Waals surface area contributed by atoms with E-state index in [1.165, 1.54) is 13.1 Å². The van der Waals surface area contributed by atoms with E-state index in [-0.39, 0.29) is 11.3 Å². The monoisotopic (exact) mass is 193 g/mol. The number of hydrogen-bond acceptors (Lipinski definition) is 3. The molecule has 5 heteroatoms. The predicted molar refractivity (Wildman–Crippen MR) is 50.9 cm³/mol. The maximum atomic E-state index is 11.3. The van der Waals surface area contributed by atoms with Gasteiger partial charge < -0.3 is 11.1 Å². The van der Waals surface area contributed by atoms with E-state index in [4.69, 9.17) is 5.73 Å². The number of amides is 2.